The quantitative estimate of drug-likeness (QED) is 0.141. The second kappa shape index (κ2) is 14.5. The molecule has 11 aromatic rings. The maximum absolute atomic E-state index is 12.4. The third-order valence-electron chi connectivity index (χ3n) is 12.4. The fourth-order valence-electron chi connectivity index (χ4n) is 9.35. The van der Waals surface area contributed by atoms with Gasteiger partial charge in [0, 0.05) is 48.7 Å². The molecule has 0 aliphatic carbocycles. The van der Waals surface area contributed by atoms with Crippen molar-refractivity contribution < 1.29 is 26.2 Å². The van der Waals surface area contributed by atoms with Crippen molar-refractivity contribution in [1.29, 1.82) is 0 Å². The molecule has 0 saturated heterocycles. The van der Waals surface area contributed by atoms with Crippen molar-refractivity contribution >= 4 is 65.3 Å². The van der Waals surface area contributed by atoms with Gasteiger partial charge in [-0.1, -0.05) is 138 Å². The van der Waals surface area contributed by atoms with Crippen LogP contribution >= 0.6 is 0 Å². The van der Waals surface area contributed by atoms with E-state index in [9.17, 15) is 5.11 Å². The smallest absolute Gasteiger partial charge is 0.149 e. The largest absolute Gasteiger partial charge is 0.507 e. The molecule has 0 atom stereocenters. The minimum atomic E-state index is -0.320. The van der Waals surface area contributed by atoms with Gasteiger partial charge in [-0.3, -0.25) is 4.57 Å². The number of phenolic OH excluding ortho intramolecular Hbond substituents is 1. The number of aromatic nitrogens is 4. The summed E-state index contributed by atoms with van der Waals surface area (Å²) in [5, 5.41) is 21.9. The van der Waals surface area contributed by atoms with E-state index in [1.54, 1.807) is 0 Å². The molecular weight excluding hydrogens is 940 g/mol. The summed E-state index contributed by atoms with van der Waals surface area (Å²) in [5.41, 5.74) is 9.51. The van der Waals surface area contributed by atoms with E-state index < -0.39 is 0 Å². The second-order valence-corrected chi connectivity index (χ2v) is 18.4. The number of rotatable bonds is 4. The Morgan fingerprint density at radius 2 is 1.11 bits per heavy atom. The molecule has 3 aromatic heterocycles. The number of hydrogen-bond acceptors (Lipinski definition) is 3. The molecule has 0 spiro atoms. The zero-order valence-electron chi connectivity index (χ0n) is 35.6. The first kappa shape index (κ1) is 39.6. The molecule has 1 N–H and O–H groups in total. The fourth-order valence-corrected chi connectivity index (χ4v) is 9.35. The van der Waals surface area contributed by atoms with Gasteiger partial charge in [0.25, 0.3) is 0 Å². The third-order valence-corrected chi connectivity index (χ3v) is 12.4. The summed E-state index contributed by atoms with van der Waals surface area (Å²) in [6, 6.07) is 59.0. The van der Waals surface area contributed by atoms with Crippen molar-refractivity contribution in [2.45, 2.75) is 52.4 Å². The first-order valence-electron chi connectivity index (χ1n) is 21.1. The van der Waals surface area contributed by atoms with Gasteiger partial charge in [-0.15, -0.1) is 6.07 Å². The molecule has 0 amide bonds. The van der Waals surface area contributed by atoms with Gasteiger partial charge < -0.3 is 9.67 Å². The minimum Gasteiger partial charge on any atom is -0.507 e. The predicted molar refractivity (Wildman–Crippen MR) is 254 cm³/mol. The Hall–Kier alpha value is -6.55. The normalized spacial score (nSPS) is 12.3. The Morgan fingerprint density at radius 1 is 0.500 bits per heavy atom. The number of aromatic hydroxyl groups is 1. The van der Waals surface area contributed by atoms with Crippen molar-refractivity contribution in [2.24, 2.45) is 0 Å². The van der Waals surface area contributed by atoms with E-state index in [2.05, 4.69) is 196 Å². The molecule has 8 aromatic carbocycles. The molecule has 0 radical (unpaired) electrons. The van der Waals surface area contributed by atoms with Crippen LogP contribution in [0.1, 0.15) is 52.7 Å². The van der Waals surface area contributed by atoms with Crippen LogP contribution in [0.5, 0.6) is 5.75 Å². The van der Waals surface area contributed by atoms with Crippen LogP contribution in [0.15, 0.2) is 158 Å². The number of imidazole rings is 1. The van der Waals surface area contributed by atoms with Crippen LogP contribution in [0.4, 0.5) is 0 Å². The number of nitrogens with zero attached hydrogens (tertiary/aromatic N) is 4. The van der Waals surface area contributed by atoms with Crippen LogP contribution in [0.25, 0.3) is 99.3 Å². The molecule has 3 heterocycles. The molecule has 0 saturated carbocycles. The number of benzene rings is 8. The van der Waals surface area contributed by atoms with Gasteiger partial charge >= 0.3 is 0 Å². The summed E-state index contributed by atoms with van der Waals surface area (Å²) in [6.07, 6.45) is 0. The molecule has 0 aliphatic heterocycles. The molecule has 5 nitrogen and oxygen atoms in total. The second-order valence-electron chi connectivity index (χ2n) is 18.4. The van der Waals surface area contributed by atoms with E-state index >= 15 is 0 Å². The van der Waals surface area contributed by atoms with Gasteiger partial charge in [0.15, 0.2) is 0 Å². The van der Waals surface area contributed by atoms with Gasteiger partial charge in [-0.05, 0) is 91.2 Å². The number of hydrogen-bond donors (Lipinski definition) is 1. The number of para-hydroxylation sites is 3. The summed E-state index contributed by atoms with van der Waals surface area (Å²) >= 11 is 0. The Kier molecular flexibility index (Phi) is 9.28. The molecule has 306 valence electrons. The molecule has 62 heavy (non-hydrogen) atoms. The molecule has 0 bridgehead atoms. The fraction of sp³-hybridized carbons (Fsp3) is 0.143. The summed E-state index contributed by atoms with van der Waals surface area (Å²) in [4.78, 5) is 11.0. The van der Waals surface area contributed by atoms with E-state index in [4.69, 9.17) is 9.97 Å². The Labute approximate surface area is 375 Å². The van der Waals surface area contributed by atoms with Crippen molar-refractivity contribution in [3.05, 3.63) is 175 Å². The van der Waals surface area contributed by atoms with Crippen LogP contribution in [-0.2, 0) is 31.9 Å². The van der Waals surface area contributed by atoms with Crippen LogP contribution in [-0.4, -0.2) is 24.2 Å². The van der Waals surface area contributed by atoms with Crippen molar-refractivity contribution in [1.82, 2.24) is 19.1 Å². The average Bonchev–Trinajstić information content (AvgIpc) is 3.82. The van der Waals surface area contributed by atoms with Crippen molar-refractivity contribution in [2.75, 3.05) is 0 Å². The standard InChI is InChI=1S/C56H45N4O.Pt/c1-55(2,3)34-31-46(52(61)47(32-34)56(4,5)6)54-58-51-44(48-30-29-43-42-23-14-15-25-49(42)59(53(43)57-48)35-17-8-7-9-18-35)24-16-26-50(51)60(54)36-27-28-41-39-21-11-10-19-37(39)38-20-12-13-22-40(38)45(41)33-36;/h7-17,19-33,61H,1-6H3;/q-1;. The Bertz CT molecular complexity index is 3530. The number of phenols is 1. The average molecular weight is 985 g/mol. The molecule has 0 aliphatic rings. The van der Waals surface area contributed by atoms with Crippen LogP contribution < -0.4 is 0 Å². The van der Waals surface area contributed by atoms with Crippen molar-refractivity contribution in [3.63, 3.8) is 0 Å². The SMILES string of the molecule is CC(C)(C)c1cc(-c2nc3c(-c4ccc5c6ccccc6n(-c6[c-]cccc6)c5n4)cccc3n2-c2ccc3c4ccccc4c4ccccc4c3c2)c(O)c(C(C)(C)C)c1.[Pt]. The summed E-state index contributed by atoms with van der Waals surface area (Å²) < 4.78 is 4.44. The molecular formula is C56H45N4OPt-. The van der Waals surface area contributed by atoms with E-state index in [-0.39, 0.29) is 37.6 Å². The van der Waals surface area contributed by atoms with E-state index in [1.807, 2.05) is 18.2 Å². The topological polar surface area (TPSA) is 55.9 Å². The Balaban J connectivity index is 0.00000458. The molecule has 6 heteroatoms. The van der Waals surface area contributed by atoms with E-state index in [0.29, 0.717) is 11.4 Å². The van der Waals surface area contributed by atoms with Crippen LogP contribution in [0.2, 0.25) is 0 Å². The third kappa shape index (κ3) is 6.16. The van der Waals surface area contributed by atoms with Gasteiger partial charge in [-0.2, -0.15) is 24.3 Å². The van der Waals surface area contributed by atoms with Gasteiger partial charge in [0.1, 0.15) is 17.2 Å². The van der Waals surface area contributed by atoms with Gasteiger partial charge in [0.2, 0.25) is 0 Å². The van der Waals surface area contributed by atoms with Crippen LogP contribution in [0.3, 0.4) is 0 Å². The first-order valence-corrected chi connectivity index (χ1v) is 21.1. The van der Waals surface area contributed by atoms with Crippen LogP contribution in [0, 0.1) is 6.07 Å². The van der Waals surface area contributed by atoms with Crippen molar-refractivity contribution in [3.8, 4) is 39.8 Å². The number of pyridine rings is 1. The number of fused-ring (bicyclic) bond motifs is 10. The zero-order valence-corrected chi connectivity index (χ0v) is 37.8. The van der Waals surface area contributed by atoms with Gasteiger partial charge in [-0.25, -0.2) is 9.97 Å². The zero-order chi connectivity index (χ0) is 41.8. The maximum Gasteiger partial charge on any atom is 0.149 e. The summed E-state index contributed by atoms with van der Waals surface area (Å²) in [7, 11) is 0. The minimum absolute atomic E-state index is 0. The Morgan fingerprint density at radius 3 is 1.77 bits per heavy atom. The van der Waals surface area contributed by atoms with Gasteiger partial charge in [0.05, 0.1) is 27.8 Å². The monoisotopic (exact) mass is 984 g/mol. The summed E-state index contributed by atoms with van der Waals surface area (Å²) in [6.45, 7) is 13.2. The molecule has 0 unspecified atom stereocenters. The maximum atomic E-state index is 12.4. The first-order chi connectivity index (χ1) is 29.5. The van der Waals surface area contributed by atoms with E-state index in [0.717, 1.165) is 72.1 Å². The molecule has 0 fully saturated rings. The summed E-state index contributed by atoms with van der Waals surface area (Å²) in [5.74, 6) is 0.925. The predicted octanol–water partition coefficient (Wildman–Crippen LogP) is 14.4. The van der Waals surface area contributed by atoms with E-state index in [1.165, 1.54) is 26.9 Å². The molecule has 11 rings (SSSR count).